The first kappa shape index (κ1) is 15.8. The van der Waals surface area contributed by atoms with Crippen molar-refractivity contribution in [2.45, 2.75) is 65.5 Å². The summed E-state index contributed by atoms with van der Waals surface area (Å²) in [5.41, 5.74) is -1.35. The predicted octanol–water partition coefficient (Wildman–Crippen LogP) is 2.89. The molecule has 1 aliphatic carbocycles. The van der Waals surface area contributed by atoms with Crippen LogP contribution in [0.3, 0.4) is 0 Å². The van der Waals surface area contributed by atoms with Gasteiger partial charge in [0.15, 0.2) is 0 Å². The number of carboxylic acids is 1. The molecule has 0 bridgehead atoms. The second-order valence-corrected chi connectivity index (χ2v) is 6.64. The Kier molecular flexibility index (Phi) is 4.48. The smallest absolute Gasteiger partial charge is 0.410 e. The van der Waals surface area contributed by atoms with Crippen LogP contribution in [0.5, 0.6) is 0 Å². The average Bonchev–Trinajstić information content (AvgIpc) is 2.11. The van der Waals surface area contributed by atoms with Gasteiger partial charge in [0, 0.05) is 12.6 Å². The third-order valence-electron chi connectivity index (χ3n) is 3.49. The highest BCUT2D eigenvalue weighted by Gasteiger charge is 2.47. The fraction of sp³-hybridized carbons (Fsp3) is 0.857. The van der Waals surface area contributed by atoms with Crippen molar-refractivity contribution >= 4 is 12.1 Å². The molecule has 5 nitrogen and oxygen atoms in total. The first-order valence-electron chi connectivity index (χ1n) is 6.80. The fourth-order valence-corrected chi connectivity index (χ4v) is 2.15. The van der Waals surface area contributed by atoms with Gasteiger partial charge in [-0.3, -0.25) is 4.79 Å². The Bertz CT molecular complexity index is 353. The van der Waals surface area contributed by atoms with E-state index in [0.717, 1.165) is 6.42 Å². The molecule has 0 saturated heterocycles. The number of carbonyl (C=O) groups excluding carboxylic acids is 1. The van der Waals surface area contributed by atoms with Gasteiger partial charge in [0.2, 0.25) is 0 Å². The Morgan fingerprint density at radius 3 is 2.11 bits per heavy atom. The molecule has 0 aromatic rings. The lowest BCUT2D eigenvalue weighted by atomic mass is 9.68. The molecule has 0 aromatic carbocycles. The van der Waals surface area contributed by atoms with E-state index in [-0.39, 0.29) is 12.6 Å². The number of ether oxygens (including phenoxy) is 1. The van der Waals surface area contributed by atoms with Gasteiger partial charge >= 0.3 is 12.1 Å². The highest BCUT2D eigenvalue weighted by atomic mass is 16.6. The summed E-state index contributed by atoms with van der Waals surface area (Å²) in [7, 11) is 0. The summed E-state index contributed by atoms with van der Waals surface area (Å²) in [5.74, 6) is -0.812. The lowest BCUT2D eigenvalue weighted by Crippen LogP contribution is -2.52. The van der Waals surface area contributed by atoms with E-state index in [1.54, 1.807) is 20.8 Å². The molecule has 0 unspecified atom stereocenters. The Hall–Kier alpha value is -1.26. The number of hydrogen-bond acceptors (Lipinski definition) is 3. The monoisotopic (exact) mass is 271 g/mol. The number of carboxylic acid groups (broad SMARTS) is 1. The van der Waals surface area contributed by atoms with Crippen LogP contribution in [0.4, 0.5) is 4.79 Å². The largest absolute Gasteiger partial charge is 0.481 e. The molecule has 0 heterocycles. The van der Waals surface area contributed by atoms with Crippen LogP contribution < -0.4 is 0 Å². The zero-order valence-electron chi connectivity index (χ0n) is 12.5. The van der Waals surface area contributed by atoms with E-state index in [2.05, 4.69) is 0 Å². The quantitative estimate of drug-likeness (QED) is 0.853. The van der Waals surface area contributed by atoms with Gasteiger partial charge in [-0.15, -0.1) is 0 Å². The van der Waals surface area contributed by atoms with Gasteiger partial charge < -0.3 is 14.7 Å². The van der Waals surface area contributed by atoms with Crippen molar-refractivity contribution in [3.8, 4) is 0 Å². The number of hydrogen-bond donors (Lipinski definition) is 1. The molecule has 0 spiro atoms. The molecule has 1 aliphatic rings. The second-order valence-electron chi connectivity index (χ2n) is 6.64. The fourth-order valence-electron chi connectivity index (χ4n) is 2.15. The third-order valence-corrected chi connectivity index (χ3v) is 3.49. The molecule has 0 radical (unpaired) electrons. The maximum absolute atomic E-state index is 12.2. The van der Waals surface area contributed by atoms with E-state index in [0.29, 0.717) is 12.8 Å². The molecular weight excluding hydrogens is 246 g/mol. The molecule has 1 N–H and O–H groups in total. The summed E-state index contributed by atoms with van der Waals surface area (Å²) in [6.45, 7) is 9.39. The lowest BCUT2D eigenvalue weighted by Gasteiger charge is -2.42. The van der Waals surface area contributed by atoms with Gasteiger partial charge in [0.25, 0.3) is 0 Å². The summed E-state index contributed by atoms with van der Waals surface area (Å²) in [6.07, 6.45) is 1.74. The Morgan fingerprint density at radius 1 is 1.32 bits per heavy atom. The molecule has 0 aliphatic heterocycles. The SMILES string of the molecule is CC(C)N(CC1(C(=O)O)CCC1)C(=O)OC(C)(C)C. The summed E-state index contributed by atoms with van der Waals surface area (Å²) in [5, 5.41) is 9.35. The van der Waals surface area contributed by atoms with Crippen molar-refractivity contribution in [3.63, 3.8) is 0 Å². The molecule has 1 rings (SSSR count). The summed E-state index contributed by atoms with van der Waals surface area (Å²) in [6, 6.07) is -0.0772. The van der Waals surface area contributed by atoms with Crippen molar-refractivity contribution in [2.75, 3.05) is 6.54 Å². The van der Waals surface area contributed by atoms with Crippen LogP contribution in [-0.4, -0.2) is 40.3 Å². The Morgan fingerprint density at radius 2 is 1.84 bits per heavy atom. The minimum atomic E-state index is -0.812. The van der Waals surface area contributed by atoms with E-state index < -0.39 is 23.1 Å². The van der Waals surface area contributed by atoms with Crippen LogP contribution in [0, 0.1) is 5.41 Å². The van der Waals surface area contributed by atoms with Crippen LogP contribution in [0.2, 0.25) is 0 Å². The Balaban J connectivity index is 2.78. The van der Waals surface area contributed by atoms with E-state index in [9.17, 15) is 14.7 Å². The molecule has 1 fully saturated rings. The van der Waals surface area contributed by atoms with Crippen LogP contribution in [-0.2, 0) is 9.53 Å². The van der Waals surface area contributed by atoms with Crippen LogP contribution in [0.15, 0.2) is 0 Å². The van der Waals surface area contributed by atoms with Gasteiger partial charge in [0.05, 0.1) is 5.41 Å². The highest BCUT2D eigenvalue weighted by Crippen LogP contribution is 2.42. The van der Waals surface area contributed by atoms with Gasteiger partial charge in [-0.05, 0) is 47.5 Å². The van der Waals surface area contributed by atoms with Crippen LogP contribution >= 0.6 is 0 Å². The molecule has 1 amide bonds. The number of carbonyl (C=O) groups is 2. The molecule has 110 valence electrons. The maximum Gasteiger partial charge on any atom is 0.410 e. The van der Waals surface area contributed by atoms with Gasteiger partial charge in [-0.2, -0.15) is 0 Å². The third kappa shape index (κ3) is 3.85. The molecule has 0 aromatic heterocycles. The predicted molar refractivity (Wildman–Crippen MR) is 72.0 cm³/mol. The Labute approximate surface area is 114 Å². The lowest BCUT2D eigenvalue weighted by molar-refractivity contribution is -0.156. The average molecular weight is 271 g/mol. The number of aliphatic carboxylic acids is 1. The molecule has 1 saturated carbocycles. The topological polar surface area (TPSA) is 66.8 Å². The first-order valence-corrected chi connectivity index (χ1v) is 6.80. The van der Waals surface area contributed by atoms with Crippen molar-refractivity contribution in [1.82, 2.24) is 4.90 Å². The maximum atomic E-state index is 12.2. The number of nitrogens with zero attached hydrogens (tertiary/aromatic N) is 1. The van der Waals surface area contributed by atoms with Gasteiger partial charge in [-0.25, -0.2) is 4.79 Å². The summed E-state index contributed by atoms with van der Waals surface area (Å²) >= 11 is 0. The zero-order chi connectivity index (χ0) is 14.8. The van der Waals surface area contributed by atoms with Crippen molar-refractivity contribution in [3.05, 3.63) is 0 Å². The molecular formula is C14H25NO4. The van der Waals surface area contributed by atoms with Crippen LogP contribution in [0.25, 0.3) is 0 Å². The molecule has 19 heavy (non-hydrogen) atoms. The standard InChI is InChI=1S/C14H25NO4/c1-10(2)15(12(18)19-13(3,4)5)9-14(11(16)17)7-6-8-14/h10H,6-9H2,1-5H3,(H,16,17). The summed E-state index contributed by atoms with van der Waals surface area (Å²) in [4.78, 5) is 25.1. The summed E-state index contributed by atoms with van der Waals surface area (Å²) < 4.78 is 5.35. The number of amides is 1. The van der Waals surface area contributed by atoms with Crippen molar-refractivity contribution in [2.24, 2.45) is 5.41 Å². The highest BCUT2D eigenvalue weighted by molar-refractivity contribution is 5.77. The zero-order valence-corrected chi connectivity index (χ0v) is 12.5. The van der Waals surface area contributed by atoms with E-state index >= 15 is 0 Å². The second kappa shape index (κ2) is 5.39. The van der Waals surface area contributed by atoms with Gasteiger partial charge in [0.1, 0.15) is 5.60 Å². The van der Waals surface area contributed by atoms with E-state index in [1.807, 2.05) is 13.8 Å². The van der Waals surface area contributed by atoms with Crippen molar-refractivity contribution < 1.29 is 19.4 Å². The molecule has 5 heteroatoms. The van der Waals surface area contributed by atoms with Crippen LogP contribution in [0.1, 0.15) is 53.9 Å². The van der Waals surface area contributed by atoms with Crippen molar-refractivity contribution in [1.29, 1.82) is 0 Å². The number of rotatable bonds is 4. The molecule has 0 atom stereocenters. The normalized spacial score (nSPS) is 17.8. The minimum absolute atomic E-state index is 0.0772. The minimum Gasteiger partial charge on any atom is -0.481 e. The van der Waals surface area contributed by atoms with E-state index in [1.165, 1.54) is 4.90 Å². The van der Waals surface area contributed by atoms with Gasteiger partial charge in [-0.1, -0.05) is 6.42 Å². The van der Waals surface area contributed by atoms with E-state index in [4.69, 9.17) is 4.74 Å². The first-order chi connectivity index (χ1) is 8.57.